The molecule has 0 atom stereocenters. The highest BCUT2D eigenvalue weighted by atomic mass is 16.5. The number of methoxy groups -OCH3 is 2. The minimum Gasteiger partial charge on any atom is -0.496 e. The van der Waals surface area contributed by atoms with Gasteiger partial charge in [-0.05, 0) is 50.0 Å². The van der Waals surface area contributed by atoms with Crippen molar-refractivity contribution in [2.45, 2.75) is 32.5 Å². The van der Waals surface area contributed by atoms with Gasteiger partial charge in [-0.25, -0.2) is 0 Å². The maximum atomic E-state index is 9.21. The van der Waals surface area contributed by atoms with Crippen molar-refractivity contribution in [3.63, 3.8) is 0 Å². The number of benzene rings is 1. The van der Waals surface area contributed by atoms with Gasteiger partial charge >= 0.3 is 0 Å². The summed E-state index contributed by atoms with van der Waals surface area (Å²) >= 11 is 0. The molecule has 0 unspecified atom stereocenters. The van der Waals surface area contributed by atoms with Crippen LogP contribution in [0.2, 0.25) is 0 Å². The Kier molecular flexibility index (Phi) is 8.55. The Morgan fingerprint density at radius 2 is 1.86 bits per heavy atom. The standard InChI is InChI=1S/C23H34N2O4/c1-27-14-13-25(17-21-7-8-22(18-26)29-21)15-19-9-11-24(12-10-19)16-20-5-3-4-6-23(20)28-2/h3-8,19,26H,9-18H2,1-2H3. The molecule has 1 aliphatic rings. The summed E-state index contributed by atoms with van der Waals surface area (Å²) < 4.78 is 16.5. The second-order valence-electron chi connectivity index (χ2n) is 7.79. The number of piperidine rings is 1. The van der Waals surface area contributed by atoms with Crippen LogP contribution in [0.4, 0.5) is 0 Å². The number of para-hydroxylation sites is 1. The van der Waals surface area contributed by atoms with Gasteiger partial charge in [0.15, 0.2) is 0 Å². The van der Waals surface area contributed by atoms with Crippen molar-refractivity contribution in [1.29, 1.82) is 0 Å². The zero-order chi connectivity index (χ0) is 20.5. The molecule has 1 aromatic carbocycles. The topological polar surface area (TPSA) is 58.3 Å². The predicted molar refractivity (Wildman–Crippen MR) is 113 cm³/mol. The lowest BCUT2D eigenvalue weighted by Gasteiger charge is -2.35. The second-order valence-corrected chi connectivity index (χ2v) is 7.79. The van der Waals surface area contributed by atoms with Crippen LogP contribution in [0, 0.1) is 5.92 Å². The SMILES string of the molecule is COCCN(Cc1ccc(CO)o1)CC1CCN(Cc2ccccc2OC)CC1. The molecule has 0 amide bonds. The van der Waals surface area contributed by atoms with E-state index in [1.807, 2.05) is 24.3 Å². The molecule has 6 heteroatoms. The number of hydrogen-bond acceptors (Lipinski definition) is 6. The smallest absolute Gasteiger partial charge is 0.129 e. The number of ether oxygens (including phenoxy) is 2. The summed E-state index contributed by atoms with van der Waals surface area (Å²) in [6.07, 6.45) is 2.39. The van der Waals surface area contributed by atoms with E-state index in [4.69, 9.17) is 13.9 Å². The van der Waals surface area contributed by atoms with Crippen molar-refractivity contribution >= 4 is 0 Å². The minimum atomic E-state index is -0.0528. The van der Waals surface area contributed by atoms with E-state index in [2.05, 4.69) is 21.9 Å². The van der Waals surface area contributed by atoms with Gasteiger partial charge in [-0.2, -0.15) is 0 Å². The quantitative estimate of drug-likeness (QED) is 0.623. The van der Waals surface area contributed by atoms with Crippen LogP contribution in [-0.4, -0.2) is 61.9 Å². The Morgan fingerprint density at radius 3 is 2.55 bits per heavy atom. The van der Waals surface area contributed by atoms with Gasteiger partial charge in [0, 0.05) is 32.3 Å². The van der Waals surface area contributed by atoms with Gasteiger partial charge < -0.3 is 19.0 Å². The van der Waals surface area contributed by atoms with Crippen molar-refractivity contribution in [1.82, 2.24) is 9.80 Å². The highest BCUT2D eigenvalue weighted by Gasteiger charge is 2.22. The largest absolute Gasteiger partial charge is 0.496 e. The molecule has 1 saturated heterocycles. The van der Waals surface area contributed by atoms with Gasteiger partial charge in [-0.1, -0.05) is 18.2 Å². The molecule has 0 saturated carbocycles. The summed E-state index contributed by atoms with van der Waals surface area (Å²) in [5.74, 6) is 3.17. The zero-order valence-corrected chi connectivity index (χ0v) is 17.7. The predicted octanol–water partition coefficient (Wildman–Crippen LogP) is 3.14. The van der Waals surface area contributed by atoms with E-state index in [9.17, 15) is 5.11 Å². The lowest BCUT2D eigenvalue weighted by atomic mass is 9.95. The van der Waals surface area contributed by atoms with E-state index in [1.165, 1.54) is 18.4 Å². The molecule has 1 aliphatic heterocycles. The molecule has 0 radical (unpaired) electrons. The van der Waals surface area contributed by atoms with Crippen LogP contribution in [0.15, 0.2) is 40.8 Å². The number of aliphatic hydroxyl groups is 1. The molecule has 1 N–H and O–H groups in total. The summed E-state index contributed by atoms with van der Waals surface area (Å²) in [5.41, 5.74) is 1.26. The molecule has 0 bridgehead atoms. The van der Waals surface area contributed by atoms with Crippen LogP contribution in [-0.2, 0) is 24.4 Å². The Bertz CT molecular complexity index is 725. The van der Waals surface area contributed by atoms with Crippen LogP contribution >= 0.6 is 0 Å². The van der Waals surface area contributed by atoms with Crippen LogP contribution in [0.3, 0.4) is 0 Å². The van der Waals surface area contributed by atoms with Gasteiger partial charge in [0.25, 0.3) is 0 Å². The molecule has 3 rings (SSSR count). The molecule has 2 aromatic rings. The van der Waals surface area contributed by atoms with Gasteiger partial charge in [0.05, 0.1) is 20.3 Å². The Morgan fingerprint density at radius 1 is 1.10 bits per heavy atom. The lowest BCUT2D eigenvalue weighted by Crippen LogP contribution is -2.39. The van der Waals surface area contributed by atoms with Crippen molar-refractivity contribution in [2.75, 3.05) is 47.0 Å². The number of rotatable bonds is 11. The number of nitrogens with zero attached hydrogens (tertiary/aromatic N) is 2. The molecular weight excluding hydrogens is 368 g/mol. The molecule has 0 aliphatic carbocycles. The number of hydrogen-bond donors (Lipinski definition) is 1. The lowest BCUT2D eigenvalue weighted by molar-refractivity contribution is 0.101. The van der Waals surface area contributed by atoms with Crippen molar-refractivity contribution in [3.05, 3.63) is 53.5 Å². The van der Waals surface area contributed by atoms with Gasteiger partial charge in [0.1, 0.15) is 23.9 Å². The van der Waals surface area contributed by atoms with E-state index >= 15 is 0 Å². The third-order valence-electron chi connectivity index (χ3n) is 5.67. The molecule has 0 spiro atoms. The first-order chi connectivity index (χ1) is 14.2. The third kappa shape index (κ3) is 6.57. The molecule has 1 fully saturated rings. The highest BCUT2D eigenvalue weighted by Crippen LogP contribution is 2.24. The highest BCUT2D eigenvalue weighted by molar-refractivity contribution is 5.33. The summed E-state index contributed by atoms with van der Waals surface area (Å²) in [6, 6.07) is 12.1. The molecular formula is C23H34N2O4. The Hall–Kier alpha value is -1.86. The van der Waals surface area contributed by atoms with Crippen LogP contribution in [0.1, 0.15) is 29.9 Å². The molecule has 160 valence electrons. The van der Waals surface area contributed by atoms with E-state index < -0.39 is 0 Å². The van der Waals surface area contributed by atoms with E-state index in [0.29, 0.717) is 18.3 Å². The maximum absolute atomic E-state index is 9.21. The Labute approximate surface area is 174 Å². The van der Waals surface area contributed by atoms with E-state index in [-0.39, 0.29) is 6.61 Å². The molecule has 29 heavy (non-hydrogen) atoms. The molecule has 6 nitrogen and oxygen atoms in total. The minimum absolute atomic E-state index is 0.0528. The zero-order valence-electron chi connectivity index (χ0n) is 17.7. The van der Waals surface area contributed by atoms with E-state index in [1.54, 1.807) is 14.2 Å². The first kappa shape index (κ1) is 21.8. The van der Waals surface area contributed by atoms with Crippen LogP contribution in [0.5, 0.6) is 5.75 Å². The average molecular weight is 403 g/mol. The normalized spacial score (nSPS) is 15.9. The second kappa shape index (κ2) is 11.4. The van der Waals surface area contributed by atoms with Gasteiger partial charge in [0.2, 0.25) is 0 Å². The number of aliphatic hydroxyl groups excluding tert-OH is 1. The Balaban J connectivity index is 1.50. The summed E-state index contributed by atoms with van der Waals surface area (Å²) in [4.78, 5) is 4.93. The van der Waals surface area contributed by atoms with Crippen LogP contribution < -0.4 is 4.74 Å². The fourth-order valence-corrected chi connectivity index (χ4v) is 4.03. The average Bonchev–Trinajstić information content (AvgIpc) is 3.21. The fraction of sp³-hybridized carbons (Fsp3) is 0.565. The molecule has 1 aromatic heterocycles. The summed E-state index contributed by atoms with van der Waals surface area (Å²) in [5, 5.41) is 9.21. The fourth-order valence-electron chi connectivity index (χ4n) is 4.03. The van der Waals surface area contributed by atoms with Crippen molar-refractivity contribution in [3.8, 4) is 5.75 Å². The van der Waals surface area contributed by atoms with Crippen molar-refractivity contribution < 1.29 is 19.0 Å². The number of furan rings is 1. The first-order valence-electron chi connectivity index (χ1n) is 10.5. The van der Waals surface area contributed by atoms with E-state index in [0.717, 1.165) is 50.8 Å². The van der Waals surface area contributed by atoms with Crippen molar-refractivity contribution in [2.24, 2.45) is 5.92 Å². The maximum Gasteiger partial charge on any atom is 0.129 e. The first-order valence-corrected chi connectivity index (χ1v) is 10.5. The van der Waals surface area contributed by atoms with Crippen LogP contribution in [0.25, 0.3) is 0 Å². The summed E-state index contributed by atoms with van der Waals surface area (Å²) in [6.45, 7) is 6.49. The monoisotopic (exact) mass is 402 g/mol. The molecule has 2 heterocycles. The summed E-state index contributed by atoms with van der Waals surface area (Å²) in [7, 11) is 3.48. The third-order valence-corrected chi connectivity index (χ3v) is 5.67. The van der Waals surface area contributed by atoms with Gasteiger partial charge in [-0.3, -0.25) is 9.80 Å². The van der Waals surface area contributed by atoms with Gasteiger partial charge in [-0.15, -0.1) is 0 Å². The number of likely N-dealkylation sites (tertiary alicyclic amines) is 1.